The van der Waals surface area contributed by atoms with Crippen molar-refractivity contribution >= 4 is 15.7 Å². The highest BCUT2D eigenvalue weighted by atomic mass is 32.2. The Hall–Kier alpha value is -2.39. The van der Waals surface area contributed by atoms with Crippen molar-refractivity contribution in [1.82, 2.24) is 4.90 Å². The van der Waals surface area contributed by atoms with E-state index in [-0.39, 0.29) is 53.0 Å². The van der Waals surface area contributed by atoms with Crippen molar-refractivity contribution in [3.05, 3.63) is 65.0 Å². The highest BCUT2D eigenvalue weighted by molar-refractivity contribution is 7.91. The van der Waals surface area contributed by atoms with E-state index >= 15 is 0 Å². The van der Waals surface area contributed by atoms with Crippen LogP contribution in [0.4, 0.5) is 13.2 Å². The Morgan fingerprint density at radius 1 is 1.06 bits per heavy atom. The molecular formula is C26H31F3N2O3S. The van der Waals surface area contributed by atoms with Gasteiger partial charge in [0, 0.05) is 30.6 Å². The number of nitrogens with zero attached hydrogens (tertiary/aromatic N) is 1. The van der Waals surface area contributed by atoms with Crippen LogP contribution in [0.5, 0.6) is 0 Å². The monoisotopic (exact) mass is 508 g/mol. The fourth-order valence-corrected chi connectivity index (χ4v) is 6.84. The van der Waals surface area contributed by atoms with Gasteiger partial charge in [0.2, 0.25) is 5.91 Å². The maximum Gasteiger partial charge on any atom is 0.224 e. The number of benzene rings is 2. The van der Waals surface area contributed by atoms with Crippen LogP contribution in [0.3, 0.4) is 0 Å². The number of carbonyl (C=O) groups is 1. The molecule has 0 aromatic heterocycles. The third-order valence-corrected chi connectivity index (χ3v) is 9.17. The first-order valence-electron chi connectivity index (χ1n) is 12.1. The molecule has 2 aromatic rings. The van der Waals surface area contributed by atoms with Crippen LogP contribution in [0.25, 0.3) is 0 Å². The molecule has 4 atom stereocenters. The van der Waals surface area contributed by atoms with Gasteiger partial charge in [0.05, 0.1) is 10.6 Å². The fourth-order valence-electron chi connectivity index (χ4n) is 5.54. The van der Waals surface area contributed by atoms with Crippen molar-refractivity contribution in [3.8, 4) is 0 Å². The second-order valence-electron chi connectivity index (χ2n) is 9.71. The standard InChI is InChI=1S/C26H31F3N2O3S/c1-2-16-4-3-5-21(10-16)35(33,34)9-8-26(32)31-19-6-7-20(31)12-18(11-19)25(30)14-17-13-23(28)24(29)15-22(17)27/h3-5,10,13,15,18-20,25H,2,6-9,11-12,14,30H2,1H3/t18-,19-,20+,25-/m1/s1. The Balaban J connectivity index is 1.37. The number of piperidine rings is 1. The van der Waals surface area contributed by atoms with E-state index in [1.54, 1.807) is 18.2 Å². The molecule has 190 valence electrons. The zero-order valence-electron chi connectivity index (χ0n) is 19.7. The number of hydrogen-bond acceptors (Lipinski definition) is 4. The molecule has 2 heterocycles. The van der Waals surface area contributed by atoms with Gasteiger partial charge < -0.3 is 10.6 Å². The third-order valence-electron chi connectivity index (χ3n) is 7.46. The number of hydrogen-bond donors (Lipinski definition) is 1. The van der Waals surface area contributed by atoms with Gasteiger partial charge in [-0.15, -0.1) is 0 Å². The van der Waals surface area contributed by atoms with E-state index in [4.69, 9.17) is 5.73 Å². The molecule has 1 amide bonds. The number of amides is 1. The van der Waals surface area contributed by atoms with Crippen molar-refractivity contribution in [2.24, 2.45) is 11.7 Å². The van der Waals surface area contributed by atoms with Gasteiger partial charge in [-0.05, 0) is 73.8 Å². The minimum absolute atomic E-state index is 0.00424. The van der Waals surface area contributed by atoms with E-state index in [1.165, 1.54) is 0 Å². The van der Waals surface area contributed by atoms with E-state index in [2.05, 4.69) is 0 Å². The van der Waals surface area contributed by atoms with Crippen molar-refractivity contribution in [1.29, 1.82) is 0 Å². The molecule has 2 aliphatic rings. The van der Waals surface area contributed by atoms with Crippen LogP contribution < -0.4 is 5.73 Å². The number of aryl methyl sites for hydroxylation is 1. The van der Waals surface area contributed by atoms with Crippen LogP contribution in [-0.4, -0.2) is 43.1 Å². The van der Waals surface area contributed by atoms with Gasteiger partial charge in [-0.1, -0.05) is 19.1 Å². The zero-order chi connectivity index (χ0) is 25.3. The van der Waals surface area contributed by atoms with Gasteiger partial charge in [-0.2, -0.15) is 0 Å². The number of rotatable bonds is 8. The minimum Gasteiger partial charge on any atom is -0.337 e. The first-order valence-corrected chi connectivity index (χ1v) is 13.8. The molecule has 0 unspecified atom stereocenters. The lowest BCUT2D eigenvalue weighted by Gasteiger charge is -2.41. The van der Waals surface area contributed by atoms with Crippen molar-refractivity contribution in [3.63, 3.8) is 0 Å². The van der Waals surface area contributed by atoms with Gasteiger partial charge in [-0.3, -0.25) is 4.79 Å². The molecule has 2 N–H and O–H groups in total. The van der Waals surface area contributed by atoms with E-state index < -0.39 is 33.3 Å². The maximum atomic E-state index is 14.1. The Labute approximate surface area is 204 Å². The SMILES string of the molecule is CCc1cccc(S(=O)(=O)CCC(=O)N2[C@@H]3CC[C@H]2C[C@H]([C@H](N)Cc2cc(F)c(F)cc2F)C3)c1. The molecule has 35 heavy (non-hydrogen) atoms. The van der Waals surface area contributed by atoms with Crippen LogP contribution in [-0.2, 0) is 27.5 Å². The quantitative estimate of drug-likeness (QED) is 0.543. The molecule has 2 fully saturated rings. The van der Waals surface area contributed by atoms with E-state index in [9.17, 15) is 26.4 Å². The molecule has 2 aromatic carbocycles. The lowest BCUT2D eigenvalue weighted by molar-refractivity contribution is -0.136. The smallest absolute Gasteiger partial charge is 0.224 e. The predicted molar refractivity (Wildman–Crippen MR) is 127 cm³/mol. The number of sulfone groups is 1. The van der Waals surface area contributed by atoms with Crippen molar-refractivity contribution < 1.29 is 26.4 Å². The fraction of sp³-hybridized carbons (Fsp3) is 0.500. The summed E-state index contributed by atoms with van der Waals surface area (Å²) in [4.78, 5) is 15.1. The summed E-state index contributed by atoms with van der Waals surface area (Å²) in [5, 5.41) is 0. The summed E-state index contributed by atoms with van der Waals surface area (Å²) in [6, 6.07) is 7.66. The van der Waals surface area contributed by atoms with Crippen LogP contribution >= 0.6 is 0 Å². The molecule has 0 spiro atoms. The summed E-state index contributed by atoms with van der Waals surface area (Å²) in [6.07, 6.45) is 3.60. The molecule has 0 saturated carbocycles. The summed E-state index contributed by atoms with van der Waals surface area (Å²) < 4.78 is 66.4. The molecular weight excluding hydrogens is 477 g/mol. The topological polar surface area (TPSA) is 80.5 Å². The number of nitrogens with two attached hydrogens (primary N) is 1. The highest BCUT2D eigenvalue weighted by Crippen LogP contribution is 2.40. The molecule has 5 nitrogen and oxygen atoms in total. The Morgan fingerprint density at radius 2 is 1.71 bits per heavy atom. The highest BCUT2D eigenvalue weighted by Gasteiger charge is 2.44. The molecule has 2 bridgehead atoms. The minimum atomic E-state index is -3.57. The largest absolute Gasteiger partial charge is 0.337 e. The predicted octanol–water partition coefficient (Wildman–Crippen LogP) is 4.17. The molecule has 2 saturated heterocycles. The summed E-state index contributed by atoms with van der Waals surface area (Å²) in [7, 11) is -3.57. The first kappa shape index (κ1) is 25.7. The van der Waals surface area contributed by atoms with Gasteiger partial charge in [0.1, 0.15) is 5.82 Å². The zero-order valence-corrected chi connectivity index (χ0v) is 20.5. The summed E-state index contributed by atoms with van der Waals surface area (Å²) in [5.74, 6) is -3.57. The normalized spacial score (nSPS) is 22.9. The molecule has 2 aliphatic heterocycles. The second kappa shape index (κ2) is 10.3. The van der Waals surface area contributed by atoms with Gasteiger partial charge >= 0.3 is 0 Å². The maximum absolute atomic E-state index is 14.1. The van der Waals surface area contributed by atoms with E-state index in [0.717, 1.165) is 30.9 Å². The van der Waals surface area contributed by atoms with E-state index in [1.807, 2.05) is 17.9 Å². The van der Waals surface area contributed by atoms with Crippen LogP contribution in [0.1, 0.15) is 50.2 Å². The Kier molecular flexibility index (Phi) is 7.57. The average molecular weight is 509 g/mol. The van der Waals surface area contributed by atoms with Gasteiger partial charge in [-0.25, -0.2) is 21.6 Å². The van der Waals surface area contributed by atoms with E-state index in [0.29, 0.717) is 18.9 Å². The van der Waals surface area contributed by atoms with Crippen molar-refractivity contribution in [2.75, 3.05) is 5.75 Å². The number of halogens is 3. The lowest BCUT2D eigenvalue weighted by Crippen LogP contribution is -2.50. The third kappa shape index (κ3) is 5.56. The summed E-state index contributed by atoms with van der Waals surface area (Å²) >= 11 is 0. The number of carbonyl (C=O) groups excluding carboxylic acids is 1. The Bertz CT molecular complexity index is 1190. The molecule has 0 aliphatic carbocycles. The average Bonchev–Trinajstić information content (AvgIpc) is 3.10. The first-order chi connectivity index (χ1) is 16.6. The van der Waals surface area contributed by atoms with Gasteiger partial charge in [0.15, 0.2) is 21.5 Å². The van der Waals surface area contributed by atoms with Crippen molar-refractivity contribution in [2.45, 2.75) is 74.9 Å². The molecule has 0 radical (unpaired) electrons. The lowest BCUT2D eigenvalue weighted by atomic mass is 9.82. The molecule has 9 heteroatoms. The second-order valence-corrected chi connectivity index (χ2v) is 11.8. The summed E-state index contributed by atoms with van der Waals surface area (Å²) in [6.45, 7) is 1.95. The van der Waals surface area contributed by atoms with Crippen LogP contribution in [0.2, 0.25) is 0 Å². The Morgan fingerprint density at radius 3 is 2.37 bits per heavy atom. The number of fused-ring (bicyclic) bond motifs is 2. The van der Waals surface area contributed by atoms with Crippen LogP contribution in [0.15, 0.2) is 41.3 Å². The molecule has 4 rings (SSSR count). The van der Waals surface area contributed by atoms with Gasteiger partial charge in [0.25, 0.3) is 0 Å². The summed E-state index contributed by atoms with van der Waals surface area (Å²) in [5.41, 5.74) is 7.32. The van der Waals surface area contributed by atoms with Crippen LogP contribution in [0, 0.1) is 23.4 Å².